The number of rotatable bonds is 3. The Bertz CT molecular complexity index is 611. The summed E-state index contributed by atoms with van der Waals surface area (Å²) in [4.78, 5) is 0. The summed E-state index contributed by atoms with van der Waals surface area (Å²) < 4.78 is 11.9. The van der Waals surface area contributed by atoms with Crippen LogP contribution in [-0.4, -0.2) is 24.4 Å². The Morgan fingerprint density at radius 1 is 1.26 bits per heavy atom. The molecule has 3 aliphatic rings. The molecule has 1 aliphatic heterocycles. The minimum absolute atomic E-state index is 0.114. The van der Waals surface area contributed by atoms with Crippen molar-refractivity contribution in [2.45, 2.75) is 58.3 Å². The monoisotopic (exact) mass is 316 g/mol. The molecule has 3 fully saturated rings. The van der Waals surface area contributed by atoms with Crippen molar-refractivity contribution in [3.8, 4) is 5.75 Å². The topological polar surface area (TPSA) is 38.7 Å². The molecule has 2 saturated carbocycles. The van der Waals surface area contributed by atoms with Crippen LogP contribution < -0.4 is 4.74 Å². The van der Waals surface area contributed by atoms with Gasteiger partial charge in [-0.25, -0.2) is 0 Å². The molecule has 0 radical (unpaired) electrons. The van der Waals surface area contributed by atoms with Gasteiger partial charge in [-0.05, 0) is 48.0 Å². The number of para-hydroxylation sites is 1. The zero-order chi connectivity index (χ0) is 16.4. The van der Waals surface area contributed by atoms with E-state index in [9.17, 15) is 5.11 Å². The summed E-state index contributed by atoms with van der Waals surface area (Å²) in [6, 6.07) is 7.73. The Kier molecular flexibility index (Phi) is 3.34. The molecule has 3 heteroatoms. The van der Waals surface area contributed by atoms with Gasteiger partial charge < -0.3 is 14.6 Å². The first-order chi connectivity index (χ1) is 10.9. The molecule has 0 aromatic heterocycles. The molecule has 4 rings (SSSR count). The van der Waals surface area contributed by atoms with Crippen LogP contribution in [0.5, 0.6) is 5.75 Å². The summed E-state index contributed by atoms with van der Waals surface area (Å²) in [5, 5.41) is 10.9. The number of aliphatic hydroxyl groups is 1. The Labute approximate surface area is 139 Å². The minimum atomic E-state index is -0.608. The highest BCUT2D eigenvalue weighted by Gasteiger charge is 2.69. The van der Waals surface area contributed by atoms with E-state index in [1.54, 1.807) is 7.11 Å². The van der Waals surface area contributed by atoms with Crippen molar-refractivity contribution in [1.29, 1.82) is 0 Å². The Morgan fingerprint density at radius 2 is 2.00 bits per heavy atom. The number of hydrogen-bond donors (Lipinski definition) is 1. The van der Waals surface area contributed by atoms with E-state index in [1.807, 2.05) is 24.3 Å². The molecule has 1 saturated heterocycles. The van der Waals surface area contributed by atoms with Crippen molar-refractivity contribution in [2.24, 2.45) is 22.7 Å². The van der Waals surface area contributed by atoms with E-state index in [2.05, 4.69) is 20.8 Å². The van der Waals surface area contributed by atoms with Crippen LogP contribution in [0.25, 0.3) is 0 Å². The van der Waals surface area contributed by atoms with Crippen LogP contribution in [-0.2, 0) is 4.74 Å². The van der Waals surface area contributed by atoms with Gasteiger partial charge in [0, 0.05) is 5.56 Å². The highest BCUT2D eigenvalue weighted by molar-refractivity contribution is 5.36. The predicted octanol–water partition coefficient (Wildman–Crippen LogP) is 3.96. The highest BCUT2D eigenvalue weighted by Crippen LogP contribution is 2.71. The van der Waals surface area contributed by atoms with Gasteiger partial charge in [0.15, 0.2) is 0 Å². The van der Waals surface area contributed by atoms with Gasteiger partial charge >= 0.3 is 0 Å². The second kappa shape index (κ2) is 4.97. The van der Waals surface area contributed by atoms with E-state index in [0.29, 0.717) is 17.4 Å². The summed E-state index contributed by atoms with van der Waals surface area (Å²) in [5.41, 5.74) is 1.44. The maximum absolute atomic E-state index is 10.9. The minimum Gasteiger partial charge on any atom is -0.496 e. The Morgan fingerprint density at radius 3 is 2.70 bits per heavy atom. The summed E-state index contributed by atoms with van der Waals surface area (Å²) in [6.07, 6.45) is 3.10. The van der Waals surface area contributed by atoms with E-state index in [0.717, 1.165) is 23.7 Å². The van der Waals surface area contributed by atoms with Crippen LogP contribution in [0, 0.1) is 22.7 Å². The maximum Gasteiger partial charge on any atom is 0.124 e. The third-order valence-electron chi connectivity index (χ3n) is 7.54. The molecule has 3 nitrogen and oxygen atoms in total. The second-order valence-electron chi connectivity index (χ2n) is 8.47. The lowest BCUT2D eigenvalue weighted by molar-refractivity contribution is -0.0922. The molecule has 0 amide bonds. The molecule has 126 valence electrons. The number of benzene rings is 1. The van der Waals surface area contributed by atoms with Crippen LogP contribution in [0.3, 0.4) is 0 Å². The fourth-order valence-corrected chi connectivity index (χ4v) is 5.87. The van der Waals surface area contributed by atoms with Crippen LogP contribution in [0.2, 0.25) is 0 Å². The van der Waals surface area contributed by atoms with E-state index in [1.165, 1.54) is 12.8 Å². The van der Waals surface area contributed by atoms with Crippen LogP contribution in [0.4, 0.5) is 0 Å². The average Bonchev–Trinajstić information content (AvgIpc) is 3.12. The molecule has 1 unspecified atom stereocenters. The summed E-state index contributed by atoms with van der Waals surface area (Å²) in [6.45, 7) is 7.23. The van der Waals surface area contributed by atoms with Gasteiger partial charge in [-0.1, -0.05) is 39.0 Å². The molecule has 23 heavy (non-hydrogen) atoms. The fraction of sp³-hybridized carbons (Fsp3) is 0.700. The molecular formula is C20H28O3. The number of fused-ring (bicyclic) bond motifs is 5. The molecule has 0 spiro atoms. The van der Waals surface area contributed by atoms with E-state index < -0.39 is 6.10 Å². The van der Waals surface area contributed by atoms with Crippen molar-refractivity contribution in [3.63, 3.8) is 0 Å². The van der Waals surface area contributed by atoms with Gasteiger partial charge in [-0.2, -0.15) is 0 Å². The SMILES string of the molecule is COc1ccccc1C(O)[C@@H]1C[C@@H]2[C@H]3CC[C@@](C)([C@@H]2O1)C3(C)C. The molecule has 2 bridgehead atoms. The van der Waals surface area contributed by atoms with Crippen molar-refractivity contribution in [1.82, 2.24) is 0 Å². The molecule has 6 atom stereocenters. The highest BCUT2D eigenvalue weighted by atomic mass is 16.5. The quantitative estimate of drug-likeness (QED) is 0.917. The third-order valence-corrected chi connectivity index (χ3v) is 7.54. The lowest BCUT2D eigenvalue weighted by Gasteiger charge is -2.39. The van der Waals surface area contributed by atoms with E-state index >= 15 is 0 Å². The fourth-order valence-electron chi connectivity index (χ4n) is 5.87. The van der Waals surface area contributed by atoms with E-state index in [4.69, 9.17) is 9.47 Å². The molecule has 2 aliphatic carbocycles. The molecular weight excluding hydrogens is 288 g/mol. The molecule has 1 aromatic rings. The van der Waals surface area contributed by atoms with Crippen molar-refractivity contribution < 1.29 is 14.6 Å². The second-order valence-corrected chi connectivity index (χ2v) is 8.47. The third kappa shape index (κ3) is 1.90. The first-order valence-electron chi connectivity index (χ1n) is 8.86. The van der Waals surface area contributed by atoms with Gasteiger partial charge in [-0.3, -0.25) is 0 Å². The Balaban J connectivity index is 1.59. The average molecular weight is 316 g/mol. The zero-order valence-corrected chi connectivity index (χ0v) is 14.6. The predicted molar refractivity (Wildman–Crippen MR) is 89.3 cm³/mol. The normalized spacial score (nSPS) is 41.8. The molecule has 1 aromatic carbocycles. The van der Waals surface area contributed by atoms with E-state index in [-0.39, 0.29) is 11.5 Å². The van der Waals surface area contributed by atoms with Crippen LogP contribution in [0.1, 0.15) is 51.7 Å². The van der Waals surface area contributed by atoms with Crippen molar-refractivity contribution in [3.05, 3.63) is 29.8 Å². The maximum atomic E-state index is 10.9. The largest absolute Gasteiger partial charge is 0.496 e. The van der Waals surface area contributed by atoms with Gasteiger partial charge in [-0.15, -0.1) is 0 Å². The summed E-state index contributed by atoms with van der Waals surface area (Å²) in [7, 11) is 1.65. The van der Waals surface area contributed by atoms with Crippen molar-refractivity contribution >= 4 is 0 Å². The summed E-state index contributed by atoms with van der Waals surface area (Å²) in [5.74, 6) is 2.07. The smallest absolute Gasteiger partial charge is 0.124 e. The molecule has 1 heterocycles. The molecule has 1 N–H and O–H groups in total. The number of hydrogen-bond acceptors (Lipinski definition) is 3. The van der Waals surface area contributed by atoms with Crippen molar-refractivity contribution in [2.75, 3.05) is 7.11 Å². The summed E-state index contributed by atoms with van der Waals surface area (Å²) >= 11 is 0. The number of methoxy groups -OCH3 is 1. The standard InChI is InChI=1S/C20H28O3/c1-19(2)14-9-10-20(19,3)18-13(14)11-16(23-18)17(21)12-7-5-6-8-15(12)22-4/h5-8,13-14,16-18,21H,9-11H2,1-4H3/t13-,14-,16+,17?,18-,20+/m1/s1. The van der Waals surface area contributed by atoms with Crippen LogP contribution >= 0.6 is 0 Å². The van der Waals surface area contributed by atoms with Gasteiger partial charge in [0.2, 0.25) is 0 Å². The number of aliphatic hydroxyl groups excluding tert-OH is 1. The van der Waals surface area contributed by atoms with Gasteiger partial charge in [0.25, 0.3) is 0 Å². The first kappa shape index (κ1) is 15.5. The number of ether oxygens (including phenoxy) is 2. The Hall–Kier alpha value is -1.06. The first-order valence-corrected chi connectivity index (χ1v) is 8.86. The zero-order valence-electron chi connectivity index (χ0n) is 14.6. The van der Waals surface area contributed by atoms with Gasteiger partial charge in [0.1, 0.15) is 11.9 Å². The lowest BCUT2D eigenvalue weighted by atomic mass is 9.70. The van der Waals surface area contributed by atoms with Crippen LogP contribution in [0.15, 0.2) is 24.3 Å². The lowest BCUT2D eigenvalue weighted by Crippen LogP contribution is -2.38. The van der Waals surface area contributed by atoms with Gasteiger partial charge in [0.05, 0.1) is 19.3 Å².